The highest BCUT2D eigenvalue weighted by atomic mass is 35.5. The van der Waals surface area contributed by atoms with E-state index in [-0.39, 0.29) is 0 Å². The lowest BCUT2D eigenvalue weighted by Gasteiger charge is -2.35. The molecule has 0 aromatic heterocycles. The molecule has 144 valence electrons. The molecule has 0 amide bonds. The van der Waals surface area contributed by atoms with Crippen LogP contribution in [0.2, 0.25) is 5.02 Å². The summed E-state index contributed by atoms with van der Waals surface area (Å²) in [7, 11) is 0. The Morgan fingerprint density at radius 1 is 0.828 bits per heavy atom. The van der Waals surface area contributed by atoms with Crippen LogP contribution in [-0.2, 0) is 12.8 Å². The zero-order chi connectivity index (χ0) is 19.8. The maximum atomic E-state index is 10.2. The Hall–Kier alpha value is -2.76. The quantitative estimate of drug-likeness (QED) is 0.484. The standard InChI is InChI=1S/C26H23ClN2/c27-20-11-8-19(9-12-20)23-16-24-21-7-3-2-6-18(21)10-13-22(24)26(25(23)17-28)29-14-4-1-5-15-29/h2-3,6-9,11-12,16H,1,4-5,10,13-15H2. The minimum atomic E-state index is 0.715. The molecule has 1 saturated heterocycles. The molecule has 3 aromatic rings. The largest absolute Gasteiger partial charge is 0.370 e. The summed E-state index contributed by atoms with van der Waals surface area (Å²) in [6.45, 7) is 2.07. The summed E-state index contributed by atoms with van der Waals surface area (Å²) in [5.41, 5.74) is 9.39. The molecule has 2 nitrogen and oxygen atoms in total. The number of hydrogen-bond acceptors (Lipinski definition) is 2. The zero-order valence-corrected chi connectivity index (χ0v) is 17.2. The average Bonchev–Trinajstić information content (AvgIpc) is 2.78. The van der Waals surface area contributed by atoms with Crippen molar-refractivity contribution in [2.24, 2.45) is 0 Å². The number of piperidine rings is 1. The van der Waals surface area contributed by atoms with Crippen LogP contribution >= 0.6 is 11.6 Å². The van der Waals surface area contributed by atoms with Crippen LogP contribution in [0.15, 0.2) is 54.6 Å². The molecule has 2 aliphatic rings. The van der Waals surface area contributed by atoms with E-state index in [2.05, 4.69) is 41.3 Å². The van der Waals surface area contributed by atoms with Gasteiger partial charge in [0.15, 0.2) is 0 Å². The van der Waals surface area contributed by atoms with Crippen molar-refractivity contribution >= 4 is 17.3 Å². The fourth-order valence-corrected chi connectivity index (χ4v) is 5.03. The minimum absolute atomic E-state index is 0.715. The Labute approximate surface area is 177 Å². The molecular formula is C26H23ClN2. The van der Waals surface area contributed by atoms with Crippen LogP contribution in [0, 0.1) is 11.3 Å². The predicted octanol–water partition coefficient (Wildman–Crippen LogP) is 6.63. The summed E-state index contributed by atoms with van der Waals surface area (Å²) in [6.07, 6.45) is 5.70. The first kappa shape index (κ1) is 18.3. The van der Waals surface area contributed by atoms with E-state index in [1.165, 1.54) is 47.2 Å². The van der Waals surface area contributed by atoms with Gasteiger partial charge in [0.25, 0.3) is 0 Å². The van der Waals surface area contributed by atoms with E-state index < -0.39 is 0 Å². The molecule has 3 aromatic carbocycles. The van der Waals surface area contributed by atoms with E-state index in [1.54, 1.807) is 0 Å². The van der Waals surface area contributed by atoms with Crippen molar-refractivity contribution in [3.8, 4) is 28.3 Å². The van der Waals surface area contributed by atoms with Crippen LogP contribution < -0.4 is 4.90 Å². The highest BCUT2D eigenvalue weighted by Gasteiger charge is 2.27. The first-order valence-electron chi connectivity index (χ1n) is 10.5. The van der Waals surface area contributed by atoms with Crippen LogP contribution in [0.3, 0.4) is 0 Å². The van der Waals surface area contributed by atoms with Gasteiger partial charge >= 0.3 is 0 Å². The Balaban J connectivity index is 1.80. The third-order valence-corrected chi connectivity index (χ3v) is 6.55. The van der Waals surface area contributed by atoms with Gasteiger partial charge in [-0.1, -0.05) is 48.0 Å². The number of nitriles is 1. The summed E-state index contributed by atoms with van der Waals surface area (Å²) < 4.78 is 0. The highest BCUT2D eigenvalue weighted by Crippen LogP contribution is 2.45. The number of fused-ring (bicyclic) bond motifs is 3. The molecule has 5 rings (SSSR count). The normalized spacial score (nSPS) is 15.4. The average molecular weight is 399 g/mol. The third kappa shape index (κ3) is 3.20. The minimum Gasteiger partial charge on any atom is -0.370 e. The van der Waals surface area contributed by atoms with Crippen LogP contribution in [0.25, 0.3) is 22.3 Å². The van der Waals surface area contributed by atoms with E-state index in [4.69, 9.17) is 11.6 Å². The van der Waals surface area contributed by atoms with Gasteiger partial charge in [-0.2, -0.15) is 5.26 Å². The number of rotatable bonds is 2. The van der Waals surface area contributed by atoms with Crippen molar-refractivity contribution in [3.63, 3.8) is 0 Å². The summed E-state index contributed by atoms with van der Waals surface area (Å²) in [5, 5.41) is 11.0. The number of benzene rings is 3. The first-order chi connectivity index (χ1) is 14.3. The summed E-state index contributed by atoms with van der Waals surface area (Å²) in [6, 6.07) is 21.4. The van der Waals surface area contributed by atoms with Gasteiger partial charge < -0.3 is 4.90 Å². The lowest BCUT2D eigenvalue weighted by molar-refractivity contribution is 0.576. The smallest absolute Gasteiger partial charge is 0.102 e. The first-order valence-corrected chi connectivity index (χ1v) is 10.8. The van der Waals surface area contributed by atoms with E-state index in [1.807, 2.05) is 24.3 Å². The Bertz CT molecular complexity index is 1100. The predicted molar refractivity (Wildman–Crippen MR) is 121 cm³/mol. The fourth-order valence-electron chi connectivity index (χ4n) is 4.90. The number of nitrogens with zero attached hydrogens (tertiary/aromatic N) is 2. The molecule has 0 unspecified atom stereocenters. The van der Waals surface area contributed by atoms with E-state index >= 15 is 0 Å². The van der Waals surface area contributed by atoms with Crippen molar-refractivity contribution in [2.75, 3.05) is 18.0 Å². The van der Waals surface area contributed by atoms with Gasteiger partial charge in [0.2, 0.25) is 0 Å². The van der Waals surface area contributed by atoms with Gasteiger partial charge in [-0.25, -0.2) is 0 Å². The van der Waals surface area contributed by atoms with Crippen LogP contribution in [0.5, 0.6) is 0 Å². The summed E-state index contributed by atoms with van der Waals surface area (Å²) in [4.78, 5) is 2.47. The number of halogens is 1. The second-order valence-electron chi connectivity index (χ2n) is 8.00. The molecule has 1 aliphatic carbocycles. The highest BCUT2D eigenvalue weighted by molar-refractivity contribution is 6.30. The van der Waals surface area contributed by atoms with Crippen LogP contribution in [-0.4, -0.2) is 13.1 Å². The van der Waals surface area contributed by atoms with Gasteiger partial charge in [-0.05, 0) is 78.1 Å². The second kappa shape index (κ2) is 7.58. The van der Waals surface area contributed by atoms with Crippen LogP contribution in [0.1, 0.15) is 36.0 Å². The van der Waals surface area contributed by atoms with E-state index in [0.29, 0.717) is 5.02 Å². The molecule has 1 fully saturated rings. The van der Waals surface area contributed by atoms with Crippen molar-refractivity contribution < 1.29 is 0 Å². The molecule has 0 atom stereocenters. The van der Waals surface area contributed by atoms with Gasteiger partial charge in [-0.3, -0.25) is 0 Å². The Morgan fingerprint density at radius 3 is 2.34 bits per heavy atom. The summed E-state index contributed by atoms with van der Waals surface area (Å²) >= 11 is 6.13. The summed E-state index contributed by atoms with van der Waals surface area (Å²) in [5.74, 6) is 0. The molecular weight excluding hydrogens is 376 g/mol. The van der Waals surface area contributed by atoms with Gasteiger partial charge in [0.05, 0.1) is 11.3 Å². The maximum Gasteiger partial charge on any atom is 0.102 e. The third-order valence-electron chi connectivity index (χ3n) is 6.30. The topological polar surface area (TPSA) is 27.0 Å². The van der Waals surface area contributed by atoms with Crippen molar-refractivity contribution in [1.29, 1.82) is 5.26 Å². The number of anilines is 1. The fraction of sp³-hybridized carbons (Fsp3) is 0.269. The van der Waals surface area contributed by atoms with Crippen molar-refractivity contribution in [3.05, 3.63) is 76.3 Å². The second-order valence-corrected chi connectivity index (χ2v) is 8.43. The Morgan fingerprint density at radius 2 is 1.59 bits per heavy atom. The van der Waals surface area contributed by atoms with E-state index in [9.17, 15) is 5.26 Å². The Kier molecular flexibility index (Phi) is 4.78. The number of hydrogen-bond donors (Lipinski definition) is 0. The molecule has 1 heterocycles. The lowest BCUT2D eigenvalue weighted by Crippen LogP contribution is -2.31. The number of aryl methyl sites for hydroxylation is 1. The molecule has 0 radical (unpaired) electrons. The maximum absolute atomic E-state index is 10.2. The molecule has 0 spiro atoms. The molecule has 1 aliphatic heterocycles. The lowest BCUT2D eigenvalue weighted by atomic mass is 9.80. The molecule has 29 heavy (non-hydrogen) atoms. The van der Waals surface area contributed by atoms with Gasteiger partial charge in [0, 0.05) is 23.7 Å². The molecule has 0 saturated carbocycles. The monoisotopic (exact) mass is 398 g/mol. The molecule has 3 heteroatoms. The molecule has 0 N–H and O–H groups in total. The van der Waals surface area contributed by atoms with Gasteiger partial charge in [-0.15, -0.1) is 0 Å². The molecule has 0 bridgehead atoms. The van der Waals surface area contributed by atoms with Crippen molar-refractivity contribution in [1.82, 2.24) is 0 Å². The SMILES string of the molecule is N#Cc1c(-c2ccc(Cl)cc2)cc2c(c1N1CCCCC1)CCc1ccccc1-2. The van der Waals surface area contributed by atoms with Crippen molar-refractivity contribution in [2.45, 2.75) is 32.1 Å². The van der Waals surface area contributed by atoms with Gasteiger partial charge in [0.1, 0.15) is 6.07 Å². The van der Waals surface area contributed by atoms with Crippen LogP contribution in [0.4, 0.5) is 5.69 Å². The zero-order valence-electron chi connectivity index (χ0n) is 16.4. The van der Waals surface area contributed by atoms with E-state index in [0.717, 1.165) is 42.6 Å².